The van der Waals surface area contributed by atoms with Crippen molar-refractivity contribution in [2.24, 2.45) is 5.73 Å². The maximum absolute atomic E-state index is 12.7. The first-order chi connectivity index (χ1) is 25.4. The van der Waals surface area contributed by atoms with Gasteiger partial charge in [-0.1, -0.05) is 172 Å². The van der Waals surface area contributed by atoms with Crippen LogP contribution in [-0.2, 0) is 18.4 Å². The van der Waals surface area contributed by atoms with Gasteiger partial charge >= 0.3 is 7.82 Å². The molecule has 9 heteroatoms. The number of unbranched alkanes of at least 4 members (excludes halogenated alkanes) is 21. The van der Waals surface area contributed by atoms with Crippen molar-refractivity contribution in [3.63, 3.8) is 0 Å². The molecular formula is C43H81N2O6P. The molecule has 304 valence electrons. The molecule has 3 unspecified atom stereocenters. The topological polar surface area (TPSA) is 131 Å². The van der Waals surface area contributed by atoms with E-state index < -0.39 is 20.0 Å². The zero-order valence-electron chi connectivity index (χ0n) is 33.5. The van der Waals surface area contributed by atoms with Gasteiger partial charge in [0.15, 0.2) is 0 Å². The zero-order chi connectivity index (χ0) is 38.2. The molecule has 0 aliphatic heterocycles. The fraction of sp³-hybridized carbons (Fsp3) is 0.791. The lowest BCUT2D eigenvalue weighted by Crippen LogP contribution is -2.45. The Hall–Kier alpha value is -1.54. The summed E-state index contributed by atoms with van der Waals surface area (Å²) in [5.41, 5.74) is 5.36. The molecule has 0 aliphatic rings. The first kappa shape index (κ1) is 50.5. The Balaban J connectivity index is 4.23. The first-order valence-electron chi connectivity index (χ1n) is 21.3. The summed E-state index contributed by atoms with van der Waals surface area (Å²) in [6.07, 6.45) is 47.2. The van der Waals surface area contributed by atoms with Crippen LogP contribution in [0.15, 0.2) is 48.6 Å². The predicted octanol–water partition coefficient (Wildman–Crippen LogP) is 11.7. The summed E-state index contributed by atoms with van der Waals surface area (Å²) in [6, 6.07) is -0.867. The van der Waals surface area contributed by atoms with Crippen LogP contribution in [0.4, 0.5) is 0 Å². The molecule has 3 atom stereocenters. The summed E-state index contributed by atoms with van der Waals surface area (Å²) in [7, 11) is -4.34. The monoisotopic (exact) mass is 753 g/mol. The standard InChI is InChI=1S/C43H81N2O6P/c1-3-5-7-9-11-13-15-17-18-19-20-21-22-23-24-25-27-29-31-33-35-37-43(47)45-41(40-51-52(48,49)50-39-38-44)42(46)36-34-32-30-28-26-16-14-12-10-8-6-4-2/h15,17,19-20,22-23,34,36,41-42,46H,3-14,16,18,21,24-33,35,37-40,44H2,1-2H3,(H,45,47)(H,48,49)/b17-15-,20-19-,23-22-,36-34+. The third-order valence-electron chi connectivity index (χ3n) is 9.15. The molecule has 8 nitrogen and oxygen atoms in total. The number of aliphatic hydroxyl groups excluding tert-OH is 1. The van der Waals surface area contributed by atoms with Gasteiger partial charge in [-0.3, -0.25) is 13.8 Å². The highest BCUT2D eigenvalue weighted by atomic mass is 31.2. The fourth-order valence-electron chi connectivity index (χ4n) is 5.90. The van der Waals surface area contributed by atoms with Gasteiger partial charge in [0, 0.05) is 13.0 Å². The molecule has 5 N–H and O–H groups in total. The summed E-state index contributed by atoms with van der Waals surface area (Å²) in [4.78, 5) is 22.7. The van der Waals surface area contributed by atoms with Crippen molar-refractivity contribution in [2.45, 2.75) is 199 Å². The van der Waals surface area contributed by atoms with E-state index in [-0.39, 0.29) is 25.7 Å². The Morgan fingerprint density at radius 1 is 0.635 bits per heavy atom. The van der Waals surface area contributed by atoms with E-state index >= 15 is 0 Å². The Morgan fingerprint density at radius 2 is 1.06 bits per heavy atom. The second-order valence-corrected chi connectivity index (χ2v) is 15.7. The Bertz CT molecular complexity index is 954. The summed E-state index contributed by atoms with van der Waals surface area (Å²) in [5, 5.41) is 13.6. The Kier molecular flexibility index (Phi) is 38.0. The van der Waals surface area contributed by atoms with Crippen molar-refractivity contribution in [1.82, 2.24) is 5.32 Å². The van der Waals surface area contributed by atoms with Gasteiger partial charge < -0.3 is 21.1 Å². The number of nitrogens with one attached hydrogen (secondary N) is 1. The van der Waals surface area contributed by atoms with Crippen LogP contribution in [0.1, 0.15) is 187 Å². The third-order valence-corrected chi connectivity index (χ3v) is 10.1. The van der Waals surface area contributed by atoms with Gasteiger partial charge in [-0.15, -0.1) is 0 Å². The molecule has 0 radical (unpaired) electrons. The number of allylic oxidation sites excluding steroid dienone is 7. The smallest absolute Gasteiger partial charge is 0.387 e. The third kappa shape index (κ3) is 36.8. The number of hydrogen-bond acceptors (Lipinski definition) is 6. The molecule has 0 aromatic heterocycles. The molecule has 0 rings (SSSR count). The van der Waals surface area contributed by atoms with Crippen molar-refractivity contribution >= 4 is 13.7 Å². The molecular weight excluding hydrogens is 671 g/mol. The van der Waals surface area contributed by atoms with Crippen LogP contribution in [0.2, 0.25) is 0 Å². The highest BCUT2D eigenvalue weighted by Crippen LogP contribution is 2.43. The van der Waals surface area contributed by atoms with Crippen LogP contribution in [0.3, 0.4) is 0 Å². The minimum absolute atomic E-state index is 0.0745. The normalized spacial score (nSPS) is 14.6. The number of phosphoric acid groups is 1. The van der Waals surface area contributed by atoms with E-state index in [0.29, 0.717) is 6.42 Å². The van der Waals surface area contributed by atoms with Gasteiger partial charge in [0.1, 0.15) is 0 Å². The largest absolute Gasteiger partial charge is 0.472 e. The molecule has 0 aromatic rings. The van der Waals surface area contributed by atoms with Crippen LogP contribution in [-0.4, -0.2) is 47.8 Å². The summed E-state index contributed by atoms with van der Waals surface area (Å²) in [5.74, 6) is -0.209. The number of aliphatic hydroxyl groups is 1. The lowest BCUT2D eigenvalue weighted by atomic mass is 10.1. The summed E-state index contributed by atoms with van der Waals surface area (Å²) >= 11 is 0. The second-order valence-electron chi connectivity index (χ2n) is 14.2. The molecule has 52 heavy (non-hydrogen) atoms. The van der Waals surface area contributed by atoms with Gasteiger partial charge in [0.05, 0.1) is 25.4 Å². The van der Waals surface area contributed by atoms with Crippen molar-refractivity contribution in [2.75, 3.05) is 19.8 Å². The van der Waals surface area contributed by atoms with Gasteiger partial charge in [0.2, 0.25) is 5.91 Å². The fourth-order valence-corrected chi connectivity index (χ4v) is 6.66. The highest BCUT2D eigenvalue weighted by Gasteiger charge is 2.26. The number of rotatable bonds is 39. The van der Waals surface area contributed by atoms with Crippen molar-refractivity contribution < 1.29 is 28.4 Å². The molecule has 0 saturated heterocycles. The van der Waals surface area contributed by atoms with Crippen molar-refractivity contribution in [3.05, 3.63) is 48.6 Å². The van der Waals surface area contributed by atoms with Crippen molar-refractivity contribution in [3.8, 4) is 0 Å². The van der Waals surface area contributed by atoms with E-state index in [1.165, 1.54) is 103 Å². The maximum Gasteiger partial charge on any atom is 0.472 e. The van der Waals surface area contributed by atoms with Crippen LogP contribution < -0.4 is 11.1 Å². The molecule has 0 aliphatic carbocycles. The predicted molar refractivity (Wildman–Crippen MR) is 221 cm³/mol. The minimum Gasteiger partial charge on any atom is -0.387 e. The molecule has 0 fully saturated rings. The van der Waals surface area contributed by atoms with Crippen molar-refractivity contribution in [1.29, 1.82) is 0 Å². The highest BCUT2D eigenvalue weighted by molar-refractivity contribution is 7.47. The molecule has 0 spiro atoms. The van der Waals surface area contributed by atoms with Crippen LogP contribution >= 0.6 is 7.82 Å². The van der Waals surface area contributed by atoms with Crippen LogP contribution in [0, 0.1) is 0 Å². The lowest BCUT2D eigenvalue weighted by Gasteiger charge is -2.23. The first-order valence-corrected chi connectivity index (χ1v) is 22.8. The van der Waals surface area contributed by atoms with Gasteiger partial charge in [-0.2, -0.15) is 0 Å². The van der Waals surface area contributed by atoms with Gasteiger partial charge in [-0.25, -0.2) is 4.57 Å². The molecule has 0 heterocycles. The number of amides is 1. The molecule has 1 amide bonds. The molecule has 0 saturated carbocycles. The van der Waals surface area contributed by atoms with Gasteiger partial charge in [-0.05, 0) is 57.8 Å². The summed E-state index contributed by atoms with van der Waals surface area (Å²) < 4.78 is 22.1. The number of nitrogens with two attached hydrogens (primary N) is 1. The number of carbonyl (C=O) groups excluding carboxylic acids is 1. The number of hydrogen-bond donors (Lipinski definition) is 4. The maximum atomic E-state index is 12.7. The van der Waals surface area contributed by atoms with E-state index in [4.69, 9.17) is 14.8 Å². The number of phosphoric ester groups is 1. The second kappa shape index (κ2) is 39.2. The average Bonchev–Trinajstić information content (AvgIpc) is 3.13. The van der Waals surface area contributed by atoms with E-state index in [0.717, 1.165) is 64.2 Å². The quantitative estimate of drug-likeness (QED) is 0.0279. The summed E-state index contributed by atoms with van der Waals surface area (Å²) in [6.45, 7) is 4.09. The van der Waals surface area contributed by atoms with E-state index in [2.05, 4.69) is 55.6 Å². The van der Waals surface area contributed by atoms with E-state index in [9.17, 15) is 19.4 Å². The van der Waals surface area contributed by atoms with E-state index in [1.807, 2.05) is 6.08 Å². The van der Waals surface area contributed by atoms with Crippen LogP contribution in [0.25, 0.3) is 0 Å². The lowest BCUT2D eigenvalue weighted by molar-refractivity contribution is -0.123. The SMILES string of the molecule is CCCCCCC/C=C\C/C=C\C/C=C\CCCCCCCCC(=O)NC(COP(=O)(O)OCCN)C(O)/C=C/CCCCCCCCCCCC. The Labute approximate surface area is 320 Å². The van der Waals surface area contributed by atoms with E-state index in [1.54, 1.807) is 6.08 Å². The minimum atomic E-state index is -4.34. The average molecular weight is 753 g/mol. The Morgan fingerprint density at radius 3 is 1.54 bits per heavy atom. The molecule has 0 aromatic carbocycles. The zero-order valence-corrected chi connectivity index (χ0v) is 34.4. The number of carbonyl (C=O) groups is 1. The molecule has 0 bridgehead atoms. The van der Waals surface area contributed by atoms with Crippen LogP contribution in [0.5, 0.6) is 0 Å². The van der Waals surface area contributed by atoms with Gasteiger partial charge in [0.25, 0.3) is 0 Å².